The molecular formula is C11H21NOS. The summed E-state index contributed by atoms with van der Waals surface area (Å²) in [5.41, 5.74) is 6.11. The van der Waals surface area contributed by atoms with Crippen molar-refractivity contribution < 1.29 is 4.79 Å². The van der Waals surface area contributed by atoms with Crippen LogP contribution in [0.25, 0.3) is 0 Å². The molecule has 2 N–H and O–H groups in total. The maximum Gasteiger partial charge on any atom is 0.130 e. The van der Waals surface area contributed by atoms with Gasteiger partial charge in [0.15, 0.2) is 0 Å². The number of thioether (sulfide) groups is 1. The molecule has 1 rings (SSSR count). The van der Waals surface area contributed by atoms with Crippen LogP contribution in [0.2, 0.25) is 0 Å². The molecule has 0 heterocycles. The van der Waals surface area contributed by atoms with Crippen LogP contribution in [0.5, 0.6) is 0 Å². The Bertz CT molecular complexity index is 196. The van der Waals surface area contributed by atoms with Gasteiger partial charge >= 0.3 is 0 Å². The number of ketones is 1. The standard InChI is InChI=1S/C11H21NOS/c1-8(13)7-11(14-2)9-5-3-4-6-10(9)12/h9-11H,3-7,12H2,1-2H3. The third kappa shape index (κ3) is 3.28. The molecule has 1 saturated carbocycles. The zero-order chi connectivity index (χ0) is 10.6. The Morgan fingerprint density at radius 3 is 2.64 bits per heavy atom. The average molecular weight is 215 g/mol. The van der Waals surface area contributed by atoms with E-state index in [0.717, 1.165) is 6.42 Å². The molecule has 14 heavy (non-hydrogen) atoms. The lowest BCUT2D eigenvalue weighted by atomic mass is 9.81. The maximum atomic E-state index is 11.1. The van der Waals surface area contributed by atoms with Gasteiger partial charge in [0.1, 0.15) is 5.78 Å². The molecule has 0 saturated heterocycles. The summed E-state index contributed by atoms with van der Waals surface area (Å²) in [7, 11) is 0. The van der Waals surface area contributed by atoms with Gasteiger partial charge in [-0.05, 0) is 31.9 Å². The van der Waals surface area contributed by atoms with Crippen molar-refractivity contribution in [2.45, 2.75) is 50.3 Å². The molecule has 3 heteroatoms. The molecule has 0 aromatic heterocycles. The molecule has 0 aromatic carbocycles. The van der Waals surface area contributed by atoms with Crippen molar-refractivity contribution in [3.63, 3.8) is 0 Å². The highest BCUT2D eigenvalue weighted by Gasteiger charge is 2.29. The Kier molecular flexibility index (Phi) is 4.96. The van der Waals surface area contributed by atoms with Crippen molar-refractivity contribution in [2.24, 2.45) is 11.7 Å². The van der Waals surface area contributed by atoms with Gasteiger partial charge in [0.2, 0.25) is 0 Å². The van der Waals surface area contributed by atoms with Gasteiger partial charge in [0, 0.05) is 17.7 Å². The molecule has 0 aromatic rings. The van der Waals surface area contributed by atoms with E-state index in [9.17, 15) is 4.79 Å². The van der Waals surface area contributed by atoms with Gasteiger partial charge in [-0.25, -0.2) is 0 Å². The fourth-order valence-electron chi connectivity index (χ4n) is 2.34. The first kappa shape index (κ1) is 12.1. The van der Waals surface area contributed by atoms with Gasteiger partial charge in [0.05, 0.1) is 0 Å². The molecule has 3 atom stereocenters. The van der Waals surface area contributed by atoms with E-state index in [0.29, 0.717) is 29.4 Å². The molecule has 0 spiro atoms. The minimum Gasteiger partial charge on any atom is -0.327 e. The van der Waals surface area contributed by atoms with Gasteiger partial charge in [-0.3, -0.25) is 4.79 Å². The molecule has 3 unspecified atom stereocenters. The summed E-state index contributed by atoms with van der Waals surface area (Å²) in [5.74, 6) is 0.852. The van der Waals surface area contributed by atoms with Crippen molar-refractivity contribution in [1.82, 2.24) is 0 Å². The van der Waals surface area contributed by atoms with Crippen LogP contribution in [-0.2, 0) is 4.79 Å². The van der Waals surface area contributed by atoms with Crippen molar-refractivity contribution in [2.75, 3.05) is 6.26 Å². The summed E-state index contributed by atoms with van der Waals surface area (Å²) >= 11 is 1.81. The molecule has 0 aliphatic heterocycles. The van der Waals surface area contributed by atoms with Gasteiger partial charge in [-0.2, -0.15) is 11.8 Å². The van der Waals surface area contributed by atoms with Crippen molar-refractivity contribution in [1.29, 1.82) is 0 Å². The second kappa shape index (κ2) is 5.76. The van der Waals surface area contributed by atoms with Crippen LogP contribution in [0.4, 0.5) is 0 Å². The summed E-state index contributed by atoms with van der Waals surface area (Å²) < 4.78 is 0. The SMILES string of the molecule is CSC(CC(C)=O)C1CCCCC1N. The molecule has 2 nitrogen and oxygen atoms in total. The van der Waals surface area contributed by atoms with Gasteiger partial charge in [-0.1, -0.05) is 12.8 Å². The van der Waals surface area contributed by atoms with E-state index >= 15 is 0 Å². The van der Waals surface area contributed by atoms with Crippen molar-refractivity contribution in [3.8, 4) is 0 Å². The fourth-order valence-corrected chi connectivity index (χ4v) is 3.43. The number of Topliss-reactive ketones (excluding diaryl/α,β-unsaturated/α-hetero) is 1. The Hall–Kier alpha value is -0.0200. The van der Waals surface area contributed by atoms with Crippen LogP contribution in [0, 0.1) is 5.92 Å². The van der Waals surface area contributed by atoms with E-state index in [1.165, 1.54) is 19.3 Å². The Labute approximate surface area is 91.0 Å². The van der Waals surface area contributed by atoms with Crippen LogP contribution in [0.1, 0.15) is 39.0 Å². The van der Waals surface area contributed by atoms with Crippen LogP contribution < -0.4 is 5.73 Å². The summed E-state index contributed by atoms with van der Waals surface area (Å²) in [4.78, 5) is 11.1. The molecule has 82 valence electrons. The summed E-state index contributed by atoms with van der Waals surface area (Å²) in [5, 5.41) is 0.447. The predicted octanol–water partition coefficient (Wildman–Crippen LogP) is 2.21. The first-order valence-corrected chi connectivity index (χ1v) is 6.71. The first-order chi connectivity index (χ1) is 6.65. The van der Waals surface area contributed by atoms with E-state index < -0.39 is 0 Å². The molecule has 0 bridgehead atoms. The smallest absolute Gasteiger partial charge is 0.130 e. The molecular weight excluding hydrogens is 194 g/mol. The second-order valence-electron chi connectivity index (χ2n) is 4.29. The molecule has 0 amide bonds. The Balaban J connectivity index is 2.52. The number of carbonyl (C=O) groups excluding carboxylic acids is 1. The zero-order valence-electron chi connectivity index (χ0n) is 9.16. The molecule has 1 fully saturated rings. The van der Waals surface area contributed by atoms with Gasteiger partial charge in [0.25, 0.3) is 0 Å². The minimum absolute atomic E-state index is 0.294. The van der Waals surface area contributed by atoms with E-state index in [1.807, 2.05) is 11.8 Å². The van der Waals surface area contributed by atoms with Crippen LogP contribution in [0.15, 0.2) is 0 Å². The highest BCUT2D eigenvalue weighted by atomic mass is 32.2. The third-order valence-electron chi connectivity index (χ3n) is 3.14. The Morgan fingerprint density at radius 2 is 2.14 bits per heavy atom. The monoisotopic (exact) mass is 215 g/mol. The normalized spacial score (nSPS) is 29.9. The van der Waals surface area contributed by atoms with Crippen LogP contribution >= 0.6 is 11.8 Å². The van der Waals surface area contributed by atoms with E-state index in [2.05, 4.69) is 6.26 Å². The predicted molar refractivity (Wildman–Crippen MR) is 62.5 cm³/mol. The lowest BCUT2D eigenvalue weighted by molar-refractivity contribution is -0.117. The van der Waals surface area contributed by atoms with E-state index in [1.54, 1.807) is 6.92 Å². The number of rotatable bonds is 4. The number of hydrogen-bond acceptors (Lipinski definition) is 3. The largest absolute Gasteiger partial charge is 0.327 e. The molecule has 0 radical (unpaired) electrons. The molecule has 1 aliphatic rings. The number of nitrogens with two attached hydrogens (primary N) is 1. The first-order valence-electron chi connectivity index (χ1n) is 5.43. The lowest BCUT2D eigenvalue weighted by Crippen LogP contribution is -2.39. The highest BCUT2D eigenvalue weighted by molar-refractivity contribution is 7.99. The fraction of sp³-hybridized carbons (Fsp3) is 0.909. The number of carbonyl (C=O) groups is 1. The minimum atomic E-state index is 0.294. The second-order valence-corrected chi connectivity index (χ2v) is 5.37. The van der Waals surface area contributed by atoms with Gasteiger partial charge in [-0.15, -0.1) is 0 Å². The van der Waals surface area contributed by atoms with Crippen LogP contribution in [-0.4, -0.2) is 23.3 Å². The van der Waals surface area contributed by atoms with Crippen molar-refractivity contribution >= 4 is 17.5 Å². The highest BCUT2D eigenvalue weighted by Crippen LogP contribution is 2.32. The topological polar surface area (TPSA) is 43.1 Å². The maximum absolute atomic E-state index is 11.1. The third-order valence-corrected chi connectivity index (χ3v) is 4.27. The summed E-state index contributed by atoms with van der Waals surface area (Å²) in [6.07, 6.45) is 7.68. The lowest BCUT2D eigenvalue weighted by Gasteiger charge is -2.33. The zero-order valence-corrected chi connectivity index (χ0v) is 9.98. The van der Waals surface area contributed by atoms with E-state index in [4.69, 9.17) is 5.73 Å². The van der Waals surface area contributed by atoms with Gasteiger partial charge < -0.3 is 5.73 Å². The van der Waals surface area contributed by atoms with E-state index in [-0.39, 0.29) is 0 Å². The Morgan fingerprint density at radius 1 is 1.50 bits per heavy atom. The quantitative estimate of drug-likeness (QED) is 0.782. The summed E-state index contributed by atoms with van der Waals surface area (Å²) in [6, 6.07) is 0.320. The molecule has 1 aliphatic carbocycles. The van der Waals surface area contributed by atoms with Crippen molar-refractivity contribution in [3.05, 3.63) is 0 Å². The van der Waals surface area contributed by atoms with Crippen LogP contribution in [0.3, 0.4) is 0 Å². The summed E-state index contributed by atoms with van der Waals surface area (Å²) in [6.45, 7) is 1.68. The average Bonchev–Trinajstić information content (AvgIpc) is 2.15. The number of hydrogen-bond donors (Lipinski definition) is 1.